The summed E-state index contributed by atoms with van der Waals surface area (Å²) >= 11 is 0. The Balaban J connectivity index is 2.23. The molecule has 0 saturated carbocycles. The summed E-state index contributed by atoms with van der Waals surface area (Å²) in [7, 11) is -3.54. The van der Waals surface area contributed by atoms with Gasteiger partial charge in [-0.15, -0.1) is 0 Å². The van der Waals surface area contributed by atoms with E-state index < -0.39 is 10.0 Å². The van der Waals surface area contributed by atoms with Gasteiger partial charge in [-0.25, -0.2) is 8.42 Å². The predicted molar refractivity (Wildman–Crippen MR) is 68.7 cm³/mol. The number of morpholine rings is 1. The average molecular weight is 281 g/mol. The van der Waals surface area contributed by atoms with Gasteiger partial charge in [0.1, 0.15) is 0 Å². The normalized spacial score (nSPS) is 20.9. The number of hydrogen-bond donors (Lipinski definition) is 1. The summed E-state index contributed by atoms with van der Waals surface area (Å²) in [5.74, 6) is 0. The SMILES string of the molecule is N#Cc1ccc(S(=O)(=O)N2CCOC(CN)C2)cc1. The van der Waals surface area contributed by atoms with Crippen molar-refractivity contribution in [3.05, 3.63) is 29.8 Å². The highest BCUT2D eigenvalue weighted by atomic mass is 32.2. The van der Waals surface area contributed by atoms with Crippen LogP contribution in [-0.4, -0.2) is 45.1 Å². The van der Waals surface area contributed by atoms with Gasteiger partial charge in [0, 0.05) is 19.6 Å². The second-order valence-corrected chi connectivity index (χ2v) is 6.17. The van der Waals surface area contributed by atoms with Gasteiger partial charge < -0.3 is 10.5 Å². The second kappa shape index (κ2) is 5.67. The van der Waals surface area contributed by atoms with Crippen molar-refractivity contribution in [2.45, 2.75) is 11.0 Å². The van der Waals surface area contributed by atoms with Crippen LogP contribution in [0.25, 0.3) is 0 Å². The Morgan fingerprint density at radius 2 is 2.11 bits per heavy atom. The molecular formula is C12H15N3O3S. The van der Waals surface area contributed by atoms with Crippen molar-refractivity contribution in [3.63, 3.8) is 0 Å². The van der Waals surface area contributed by atoms with Gasteiger partial charge in [0.2, 0.25) is 10.0 Å². The van der Waals surface area contributed by atoms with Crippen LogP contribution in [0.2, 0.25) is 0 Å². The molecule has 2 N–H and O–H groups in total. The van der Waals surface area contributed by atoms with Crippen molar-refractivity contribution < 1.29 is 13.2 Å². The summed E-state index contributed by atoms with van der Waals surface area (Å²) in [5.41, 5.74) is 5.93. The van der Waals surface area contributed by atoms with Crippen LogP contribution >= 0.6 is 0 Å². The third-order valence-electron chi connectivity index (χ3n) is 2.99. The van der Waals surface area contributed by atoms with E-state index in [2.05, 4.69) is 0 Å². The van der Waals surface area contributed by atoms with Gasteiger partial charge in [0.05, 0.1) is 29.2 Å². The first-order chi connectivity index (χ1) is 9.07. The lowest BCUT2D eigenvalue weighted by Gasteiger charge is -2.31. The van der Waals surface area contributed by atoms with Gasteiger partial charge in [-0.05, 0) is 24.3 Å². The molecule has 1 aromatic rings. The number of nitrogens with two attached hydrogens (primary N) is 1. The zero-order chi connectivity index (χ0) is 13.9. The van der Waals surface area contributed by atoms with Crippen LogP contribution < -0.4 is 5.73 Å². The topological polar surface area (TPSA) is 96.4 Å². The summed E-state index contributed by atoms with van der Waals surface area (Å²) < 4.78 is 31.5. The molecule has 19 heavy (non-hydrogen) atoms. The molecule has 1 aliphatic rings. The molecule has 1 heterocycles. The third kappa shape index (κ3) is 2.93. The maximum absolute atomic E-state index is 12.4. The minimum Gasteiger partial charge on any atom is -0.374 e. The molecule has 1 saturated heterocycles. The van der Waals surface area contributed by atoms with E-state index in [0.717, 1.165) is 0 Å². The van der Waals surface area contributed by atoms with Crippen LogP contribution in [0.3, 0.4) is 0 Å². The van der Waals surface area contributed by atoms with E-state index in [4.69, 9.17) is 15.7 Å². The van der Waals surface area contributed by atoms with Crippen molar-refractivity contribution in [2.24, 2.45) is 5.73 Å². The van der Waals surface area contributed by atoms with E-state index in [1.165, 1.54) is 28.6 Å². The zero-order valence-corrected chi connectivity index (χ0v) is 11.1. The summed E-state index contributed by atoms with van der Waals surface area (Å²) in [6, 6.07) is 7.83. The maximum Gasteiger partial charge on any atom is 0.243 e. The molecule has 1 fully saturated rings. The Kier molecular flexibility index (Phi) is 4.17. The Morgan fingerprint density at radius 1 is 1.42 bits per heavy atom. The summed E-state index contributed by atoms with van der Waals surface area (Å²) in [6.07, 6.45) is -0.262. The highest BCUT2D eigenvalue weighted by molar-refractivity contribution is 7.89. The maximum atomic E-state index is 12.4. The van der Waals surface area contributed by atoms with Crippen LogP contribution in [0.15, 0.2) is 29.2 Å². The molecule has 2 rings (SSSR count). The number of rotatable bonds is 3. The third-order valence-corrected chi connectivity index (χ3v) is 4.86. The molecule has 1 atom stereocenters. The number of nitrogens with zero attached hydrogens (tertiary/aromatic N) is 2. The van der Waals surface area contributed by atoms with E-state index in [1.807, 2.05) is 6.07 Å². The number of sulfonamides is 1. The highest BCUT2D eigenvalue weighted by Crippen LogP contribution is 2.19. The van der Waals surface area contributed by atoms with Gasteiger partial charge in [0.25, 0.3) is 0 Å². The number of nitriles is 1. The Bertz CT molecular complexity index is 577. The van der Waals surface area contributed by atoms with Crippen molar-refractivity contribution in [3.8, 4) is 6.07 Å². The van der Waals surface area contributed by atoms with Crippen LogP contribution in [-0.2, 0) is 14.8 Å². The minimum atomic E-state index is -3.54. The Morgan fingerprint density at radius 3 is 2.68 bits per heavy atom. The van der Waals surface area contributed by atoms with E-state index in [1.54, 1.807) is 0 Å². The first kappa shape index (κ1) is 14.0. The molecule has 7 heteroatoms. The van der Waals surface area contributed by atoms with Gasteiger partial charge in [-0.1, -0.05) is 0 Å². The van der Waals surface area contributed by atoms with Gasteiger partial charge in [0.15, 0.2) is 0 Å². The molecule has 6 nitrogen and oxygen atoms in total. The van der Waals surface area contributed by atoms with E-state index in [-0.39, 0.29) is 17.5 Å². The van der Waals surface area contributed by atoms with Crippen molar-refractivity contribution >= 4 is 10.0 Å². The smallest absolute Gasteiger partial charge is 0.243 e. The molecular weight excluding hydrogens is 266 g/mol. The van der Waals surface area contributed by atoms with Gasteiger partial charge in [-0.3, -0.25) is 0 Å². The van der Waals surface area contributed by atoms with E-state index in [9.17, 15) is 8.42 Å². The van der Waals surface area contributed by atoms with Crippen molar-refractivity contribution in [2.75, 3.05) is 26.2 Å². The molecule has 0 spiro atoms. The molecule has 0 aliphatic carbocycles. The lowest BCUT2D eigenvalue weighted by atomic mass is 10.2. The largest absolute Gasteiger partial charge is 0.374 e. The van der Waals surface area contributed by atoms with E-state index in [0.29, 0.717) is 25.3 Å². The fraction of sp³-hybridized carbons (Fsp3) is 0.417. The minimum absolute atomic E-state index is 0.184. The van der Waals surface area contributed by atoms with Gasteiger partial charge in [-0.2, -0.15) is 9.57 Å². The van der Waals surface area contributed by atoms with Crippen molar-refractivity contribution in [1.29, 1.82) is 5.26 Å². The summed E-state index contributed by atoms with van der Waals surface area (Å²) in [4.78, 5) is 0.184. The number of benzene rings is 1. The molecule has 1 aliphatic heterocycles. The molecule has 1 unspecified atom stereocenters. The van der Waals surface area contributed by atoms with E-state index >= 15 is 0 Å². The quantitative estimate of drug-likeness (QED) is 0.835. The second-order valence-electron chi connectivity index (χ2n) is 4.23. The number of ether oxygens (including phenoxy) is 1. The molecule has 0 bridgehead atoms. The fourth-order valence-electron chi connectivity index (χ4n) is 1.90. The van der Waals surface area contributed by atoms with Crippen LogP contribution in [0, 0.1) is 11.3 Å². The highest BCUT2D eigenvalue weighted by Gasteiger charge is 2.30. The Hall–Kier alpha value is -1.46. The average Bonchev–Trinajstić information content (AvgIpc) is 2.47. The first-order valence-corrected chi connectivity index (χ1v) is 7.34. The monoisotopic (exact) mass is 281 g/mol. The zero-order valence-electron chi connectivity index (χ0n) is 10.3. The lowest BCUT2D eigenvalue weighted by Crippen LogP contribution is -2.48. The van der Waals surface area contributed by atoms with Gasteiger partial charge >= 0.3 is 0 Å². The predicted octanol–water partition coefficient (Wildman–Crippen LogP) is -0.0935. The molecule has 1 aromatic carbocycles. The standard InChI is InChI=1S/C12H15N3O3S/c13-7-10-1-3-12(4-2-10)19(16,17)15-5-6-18-11(8-14)9-15/h1-4,11H,5-6,8-9,14H2. The lowest BCUT2D eigenvalue weighted by molar-refractivity contribution is 0.00450. The number of hydrogen-bond acceptors (Lipinski definition) is 5. The Labute approximate surface area is 112 Å². The summed E-state index contributed by atoms with van der Waals surface area (Å²) in [5, 5.41) is 8.71. The van der Waals surface area contributed by atoms with Crippen molar-refractivity contribution in [1.82, 2.24) is 4.31 Å². The summed E-state index contributed by atoms with van der Waals surface area (Å²) in [6.45, 7) is 1.22. The first-order valence-electron chi connectivity index (χ1n) is 5.90. The molecule has 0 radical (unpaired) electrons. The van der Waals surface area contributed by atoms with Crippen LogP contribution in [0.1, 0.15) is 5.56 Å². The molecule has 102 valence electrons. The fourth-order valence-corrected chi connectivity index (χ4v) is 3.36. The molecule has 0 aromatic heterocycles. The molecule has 0 amide bonds. The van der Waals surface area contributed by atoms with Crippen LogP contribution in [0.4, 0.5) is 0 Å². The van der Waals surface area contributed by atoms with Crippen LogP contribution in [0.5, 0.6) is 0 Å².